The third kappa shape index (κ3) is 0.359. The van der Waals surface area contributed by atoms with Crippen LogP contribution in [0, 0.1) is 0 Å². The quantitative estimate of drug-likeness (QED) is 0.398. The topological polar surface area (TPSA) is 12.2 Å². The van der Waals surface area contributed by atoms with Gasteiger partial charge >= 0.3 is 0 Å². The van der Waals surface area contributed by atoms with E-state index in [1.807, 2.05) is 0 Å². The Morgan fingerprint density at radius 3 is 2.71 bits per heavy atom. The van der Waals surface area contributed by atoms with Gasteiger partial charge in [-0.15, -0.1) is 0 Å². The van der Waals surface area contributed by atoms with Crippen molar-refractivity contribution in [1.82, 2.24) is 4.90 Å². The molecule has 2 heteroatoms. The zero-order valence-electron chi connectivity index (χ0n) is 4.48. The minimum absolute atomic E-state index is 0.194. The molecule has 0 amide bonds. The van der Waals surface area contributed by atoms with Crippen molar-refractivity contribution in [3.63, 3.8) is 0 Å². The maximum atomic E-state index is 5.34. The van der Waals surface area contributed by atoms with Crippen LogP contribution in [0.25, 0.3) is 0 Å². The van der Waals surface area contributed by atoms with Gasteiger partial charge in [0.05, 0.1) is 6.61 Å². The van der Waals surface area contributed by atoms with Crippen molar-refractivity contribution in [2.45, 2.75) is 12.6 Å². The molecular weight excluding hydrogens is 90.1 g/mol. The summed E-state index contributed by atoms with van der Waals surface area (Å²) in [5.41, 5.74) is 0.194. The molecule has 0 N–H and O–H groups in total. The highest BCUT2D eigenvalue weighted by Gasteiger charge is 2.52. The van der Waals surface area contributed by atoms with Crippen molar-refractivity contribution in [1.29, 1.82) is 0 Å². The summed E-state index contributed by atoms with van der Waals surface area (Å²) >= 11 is 0. The van der Waals surface area contributed by atoms with Crippen molar-refractivity contribution in [3.8, 4) is 0 Å². The maximum absolute atomic E-state index is 5.34. The summed E-state index contributed by atoms with van der Waals surface area (Å²) in [6.45, 7) is 5.39. The van der Waals surface area contributed by atoms with Crippen molar-refractivity contribution in [2.24, 2.45) is 0 Å². The first-order valence-electron chi connectivity index (χ1n) is 2.70. The van der Waals surface area contributed by atoms with E-state index in [9.17, 15) is 0 Å². The fourth-order valence-electron chi connectivity index (χ4n) is 1.15. The summed E-state index contributed by atoms with van der Waals surface area (Å²) in [4.78, 5) is 2.33. The highest BCUT2D eigenvalue weighted by Crippen LogP contribution is 2.36. The Labute approximate surface area is 43.1 Å². The molecular formula is C5H9NO. The maximum Gasteiger partial charge on any atom is 0.132 e. The van der Waals surface area contributed by atoms with E-state index in [4.69, 9.17) is 4.74 Å². The van der Waals surface area contributed by atoms with Crippen LogP contribution in [0.15, 0.2) is 0 Å². The molecule has 0 bridgehead atoms. The van der Waals surface area contributed by atoms with Gasteiger partial charge in [-0.05, 0) is 6.92 Å². The molecule has 0 aromatic heterocycles. The molecule has 2 aliphatic heterocycles. The Kier molecular flexibility index (Phi) is 0.474. The van der Waals surface area contributed by atoms with Crippen molar-refractivity contribution >= 4 is 0 Å². The fraction of sp³-hybridized carbons (Fsp3) is 1.00. The van der Waals surface area contributed by atoms with E-state index in [0.717, 1.165) is 19.7 Å². The number of nitrogens with zero attached hydrogens (tertiary/aromatic N) is 1. The number of hydrogen-bond donors (Lipinski definition) is 0. The monoisotopic (exact) mass is 99.1 g/mol. The third-order valence-corrected chi connectivity index (χ3v) is 1.82. The predicted molar refractivity (Wildman–Crippen MR) is 25.9 cm³/mol. The zero-order chi connectivity index (χ0) is 4.91. The molecule has 0 radical (unpaired) electrons. The fourth-order valence-corrected chi connectivity index (χ4v) is 1.15. The number of fused-ring (bicyclic) bond motifs is 1. The number of ether oxygens (including phenoxy) is 1. The van der Waals surface area contributed by atoms with Crippen molar-refractivity contribution in [2.75, 3.05) is 19.7 Å². The normalized spacial score (nSPS) is 57.0. The van der Waals surface area contributed by atoms with E-state index in [0.29, 0.717) is 0 Å². The molecule has 2 aliphatic rings. The van der Waals surface area contributed by atoms with E-state index >= 15 is 0 Å². The third-order valence-electron chi connectivity index (χ3n) is 1.82. The predicted octanol–water partition coefficient (Wildman–Crippen LogP) is 0.0484. The van der Waals surface area contributed by atoms with E-state index < -0.39 is 0 Å². The second-order valence-corrected chi connectivity index (χ2v) is 2.45. The lowest BCUT2D eigenvalue weighted by Crippen LogP contribution is -2.06. The van der Waals surface area contributed by atoms with Gasteiger partial charge in [-0.25, -0.2) is 0 Å². The molecule has 2 fully saturated rings. The van der Waals surface area contributed by atoms with Gasteiger partial charge < -0.3 is 4.74 Å². The first kappa shape index (κ1) is 3.87. The second kappa shape index (κ2) is 0.858. The molecule has 2 unspecified atom stereocenters. The smallest absolute Gasteiger partial charge is 0.132 e. The van der Waals surface area contributed by atoms with Crippen LogP contribution in [-0.4, -0.2) is 30.3 Å². The van der Waals surface area contributed by atoms with Crippen LogP contribution in [-0.2, 0) is 4.74 Å². The highest BCUT2D eigenvalue weighted by molar-refractivity contribution is 4.98. The molecule has 0 aromatic carbocycles. The summed E-state index contributed by atoms with van der Waals surface area (Å²) in [5.74, 6) is 0. The molecule has 0 aliphatic carbocycles. The average Bonchev–Trinajstić information content (AvgIpc) is 2.09. The Balaban J connectivity index is 2.17. The van der Waals surface area contributed by atoms with Gasteiger partial charge in [0.15, 0.2) is 0 Å². The molecule has 40 valence electrons. The molecule has 2 rings (SSSR count). The van der Waals surface area contributed by atoms with Crippen LogP contribution in [0.3, 0.4) is 0 Å². The summed E-state index contributed by atoms with van der Waals surface area (Å²) in [6.07, 6.45) is 0. The minimum atomic E-state index is 0.194. The number of hydrogen-bond acceptors (Lipinski definition) is 2. The largest absolute Gasteiger partial charge is 0.358 e. The average molecular weight is 99.1 g/mol. The first-order valence-corrected chi connectivity index (χ1v) is 2.70. The van der Waals surface area contributed by atoms with E-state index in [-0.39, 0.29) is 5.72 Å². The summed E-state index contributed by atoms with van der Waals surface area (Å²) in [6, 6.07) is 0. The van der Waals surface area contributed by atoms with E-state index in [2.05, 4.69) is 11.8 Å². The van der Waals surface area contributed by atoms with Crippen LogP contribution in [0.5, 0.6) is 0 Å². The van der Waals surface area contributed by atoms with Crippen LogP contribution < -0.4 is 0 Å². The van der Waals surface area contributed by atoms with Crippen molar-refractivity contribution in [3.05, 3.63) is 0 Å². The van der Waals surface area contributed by atoms with Gasteiger partial charge in [-0.1, -0.05) is 0 Å². The molecule has 2 saturated heterocycles. The number of morpholine rings is 1. The lowest BCUT2D eigenvalue weighted by atomic mass is 10.5. The van der Waals surface area contributed by atoms with Gasteiger partial charge in [0.1, 0.15) is 5.72 Å². The van der Waals surface area contributed by atoms with Gasteiger partial charge in [-0.2, -0.15) is 0 Å². The van der Waals surface area contributed by atoms with Crippen LogP contribution in [0.4, 0.5) is 0 Å². The van der Waals surface area contributed by atoms with Gasteiger partial charge in [0.25, 0.3) is 0 Å². The zero-order valence-corrected chi connectivity index (χ0v) is 4.48. The highest BCUT2D eigenvalue weighted by atomic mass is 16.5. The summed E-state index contributed by atoms with van der Waals surface area (Å²) < 4.78 is 5.34. The molecule has 0 aromatic rings. The first-order chi connectivity index (χ1) is 3.31. The molecule has 0 saturated carbocycles. The molecule has 2 atom stereocenters. The lowest BCUT2D eigenvalue weighted by molar-refractivity contribution is 0.0768. The Morgan fingerprint density at radius 2 is 2.57 bits per heavy atom. The standard InChI is InChI=1S/C5H9NO/c1-5-4-6(5)2-3-7-5/h2-4H2,1H3. The van der Waals surface area contributed by atoms with E-state index in [1.165, 1.54) is 0 Å². The minimum Gasteiger partial charge on any atom is -0.358 e. The lowest BCUT2D eigenvalue weighted by Gasteiger charge is -1.97. The van der Waals surface area contributed by atoms with Gasteiger partial charge in [0, 0.05) is 13.1 Å². The van der Waals surface area contributed by atoms with E-state index in [1.54, 1.807) is 0 Å². The molecule has 0 spiro atoms. The van der Waals surface area contributed by atoms with Crippen molar-refractivity contribution < 1.29 is 4.74 Å². The Hall–Kier alpha value is -0.0800. The number of rotatable bonds is 0. The summed E-state index contributed by atoms with van der Waals surface area (Å²) in [7, 11) is 0. The van der Waals surface area contributed by atoms with Gasteiger partial charge in [-0.3, -0.25) is 4.90 Å². The SMILES string of the molecule is CC12CN1CCO2. The molecule has 2 nitrogen and oxygen atoms in total. The Morgan fingerprint density at radius 1 is 1.71 bits per heavy atom. The van der Waals surface area contributed by atoms with Crippen LogP contribution in [0.2, 0.25) is 0 Å². The molecule has 2 heterocycles. The summed E-state index contributed by atoms with van der Waals surface area (Å²) in [5, 5.41) is 0. The van der Waals surface area contributed by atoms with Crippen LogP contribution >= 0.6 is 0 Å². The molecule has 7 heavy (non-hydrogen) atoms. The van der Waals surface area contributed by atoms with Gasteiger partial charge in [0.2, 0.25) is 0 Å². The van der Waals surface area contributed by atoms with Crippen LogP contribution in [0.1, 0.15) is 6.92 Å². The Bertz CT molecular complexity index is 102. The second-order valence-electron chi connectivity index (χ2n) is 2.45.